The van der Waals surface area contributed by atoms with Gasteiger partial charge in [0.2, 0.25) is 10.0 Å². The third kappa shape index (κ3) is 4.04. The highest BCUT2D eigenvalue weighted by molar-refractivity contribution is 7.98. The number of hydrogen-bond acceptors (Lipinski definition) is 5. The first-order valence-corrected chi connectivity index (χ1v) is 13.5. The number of pyridine rings is 2. The highest BCUT2D eigenvalue weighted by Crippen LogP contribution is 2.49. The lowest BCUT2D eigenvalue weighted by Crippen LogP contribution is -2.47. The van der Waals surface area contributed by atoms with Crippen molar-refractivity contribution in [2.24, 2.45) is 0 Å². The van der Waals surface area contributed by atoms with Gasteiger partial charge in [0.15, 0.2) is 0 Å². The SMILES string of the molecule is CSc1cnc2c(c1)cc(-c1ccc(S(=O)(=O)NC3(C(F)(F)F)CC3)cn1)n2C1CCCC1. The zero-order valence-corrected chi connectivity index (χ0v) is 19.5. The van der Waals surface area contributed by atoms with Crippen LogP contribution < -0.4 is 4.72 Å². The van der Waals surface area contributed by atoms with E-state index in [9.17, 15) is 21.6 Å². The first-order chi connectivity index (χ1) is 15.6. The van der Waals surface area contributed by atoms with Crippen molar-refractivity contribution in [3.8, 4) is 11.4 Å². The fraction of sp³-hybridized carbons (Fsp3) is 0.455. The molecular weight excluding hydrogens is 473 g/mol. The minimum Gasteiger partial charge on any atom is -0.321 e. The maximum Gasteiger partial charge on any atom is 0.407 e. The first kappa shape index (κ1) is 22.7. The van der Waals surface area contributed by atoms with Crippen LogP contribution in [0.4, 0.5) is 13.2 Å². The molecule has 2 fully saturated rings. The third-order valence-electron chi connectivity index (χ3n) is 6.51. The van der Waals surface area contributed by atoms with Gasteiger partial charge in [-0.1, -0.05) is 12.8 Å². The van der Waals surface area contributed by atoms with E-state index in [4.69, 9.17) is 0 Å². The van der Waals surface area contributed by atoms with Crippen molar-refractivity contribution in [2.45, 2.75) is 66.1 Å². The minimum atomic E-state index is -4.63. The van der Waals surface area contributed by atoms with E-state index < -0.39 is 21.7 Å². The summed E-state index contributed by atoms with van der Waals surface area (Å²) in [7, 11) is -4.35. The lowest BCUT2D eigenvalue weighted by molar-refractivity contribution is -0.160. The molecule has 3 heterocycles. The van der Waals surface area contributed by atoms with E-state index in [1.165, 1.54) is 6.07 Å². The second-order valence-electron chi connectivity index (χ2n) is 8.69. The zero-order chi connectivity index (χ0) is 23.4. The highest BCUT2D eigenvalue weighted by Gasteiger charge is 2.65. The number of nitrogens with one attached hydrogen (secondary N) is 1. The fourth-order valence-corrected chi connectivity index (χ4v) is 6.30. The first-order valence-electron chi connectivity index (χ1n) is 10.8. The Bertz CT molecular complexity index is 1290. The molecule has 11 heteroatoms. The van der Waals surface area contributed by atoms with Gasteiger partial charge in [-0.2, -0.15) is 17.9 Å². The smallest absolute Gasteiger partial charge is 0.321 e. The number of thioether (sulfide) groups is 1. The molecule has 0 unspecified atom stereocenters. The van der Waals surface area contributed by atoms with Crippen LogP contribution in [-0.2, 0) is 10.0 Å². The topological polar surface area (TPSA) is 76.9 Å². The molecule has 0 saturated heterocycles. The Morgan fingerprint density at radius 2 is 1.85 bits per heavy atom. The van der Waals surface area contributed by atoms with Crippen molar-refractivity contribution in [1.82, 2.24) is 19.3 Å². The molecule has 3 aromatic heterocycles. The number of fused-ring (bicyclic) bond motifs is 1. The van der Waals surface area contributed by atoms with Crippen molar-refractivity contribution in [3.05, 3.63) is 36.7 Å². The second-order valence-corrected chi connectivity index (χ2v) is 11.3. The van der Waals surface area contributed by atoms with E-state index in [1.807, 2.05) is 23.2 Å². The predicted molar refractivity (Wildman–Crippen MR) is 121 cm³/mol. The molecule has 0 aromatic carbocycles. The summed E-state index contributed by atoms with van der Waals surface area (Å²) in [6.07, 6.45) is 4.12. The van der Waals surface area contributed by atoms with Crippen molar-refractivity contribution in [1.29, 1.82) is 0 Å². The van der Waals surface area contributed by atoms with Gasteiger partial charge in [-0.05, 0) is 56.2 Å². The quantitative estimate of drug-likeness (QED) is 0.468. The maximum atomic E-state index is 13.2. The Morgan fingerprint density at radius 3 is 2.42 bits per heavy atom. The standard InChI is InChI=1S/C22H23F3N4O2S2/c1-32-16-10-14-11-19(29(20(14)27-12-16)15-4-2-3-5-15)18-7-6-17(13-26-18)33(30,31)28-21(8-9-21)22(23,24)25/h6-7,10-13,15,28H,2-5,8-9H2,1H3. The van der Waals surface area contributed by atoms with Gasteiger partial charge in [-0.15, -0.1) is 11.8 Å². The Balaban J connectivity index is 1.51. The number of hydrogen-bond donors (Lipinski definition) is 1. The van der Waals surface area contributed by atoms with Crippen molar-refractivity contribution >= 4 is 32.8 Å². The van der Waals surface area contributed by atoms with Crippen molar-refractivity contribution in [2.75, 3.05) is 6.26 Å². The van der Waals surface area contributed by atoms with Gasteiger partial charge in [-0.3, -0.25) is 4.98 Å². The number of nitrogens with zero attached hydrogens (tertiary/aromatic N) is 3. The molecule has 6 nitrogen and oxygen atoms in total. The van der Waals surface area contributed by atoms with Crippen LogP contribution in [0.5, 0.6) is 0 Å². The summed E-state index contributed by atoms with van der Waals surface area (Å²) in [4.78, 5) is 9.77. The van der Waals surface area contributed by atoms with Gasteiger partial charge in [0.1, 0.15) is 16.1 Å². The molecule has 2 aliphatic carbocycles. The summed E-state index contributed by atoms with van der Waals surface area (Å²) in [6, 6.07) is 7.21. The summed E-state index contributed by atoms with van der Waals surface area (Å²) in [6.45, 7) is 0. The largest absolute Gasteiger partial charge is 0.407 e. The van der Waals surface area contributed by atoms with Gasteiger partial charge in [0.25, 0.3) is 0 Å². The average Bonchev–Trinajstić information content (AvgIpc) is 3.21. The average molecular weight is 497 g/mol. The molecular formula is C22H23F3N4O2S2. The van der Waals surface area contributed by atoms with E-state index in [0.29, 0.717) is 5.69 Å². The number of sulfonamides is 1. The van der Waals surface area contributed by atoms with Gasteiger partial charge < -0.3 is 4.57 Å². The number of halogens is 3. The Hall–Kier alpha value is -2.11. The van der Waals surface area contributed by atoms with Crippen LogP contribution in [0.1, 0.15) is 44.6 Å². The Morgan fingerprint density at radius 1 is 1.12 bits per heavy atom. The number of rotatable bonds is 6. The molecule has 176 valence electrons. The van der Waals surface area contributed by atoms with Crippen molar-refractivity contribution < 1.29 is 21.6 Å². The molecule has 2 aliphatic rings. The van der Waals surface area contributed by atoms with E-state index in [0.717, 1.165) is 53.5 Å². The van der Waals surface area contributed by atoms with Crippen LogP contribution in [0.2, 0.25) is 0 Å². The highest BCUT2D eigenvalue weighted by atomic mass is 32.2. The Labute approximate surface area is 194 Å². The third-order valence-corrected chi connectivity index (χ3v) is 8.72. The molecule has 0 aliphatic heterocycles. The summed E-state index contributed by atoms with van der Waals surface area (Å²) in [5.74, 6) is 0. The fourth-order valence-electron chi connectivity index (χ4n) is 4.51. The van der Waals surface area contributed by atoms with Crippen LogP contribution in [0.25, 0.3) is 22.4 Å². The molecule has 0 spiro atoms. The molecule has 1 N–H and O–H groups in total. The molecule has 0 atom stereocenters. The van der Waals surface area contributed by atoms with Crippen LogP contribution in [0, 0.1) is 0 Å². The van der Waals surface area contributed by atoms with E-state index in [-0.39, 0.29) is 23.8 Å². The maximum absolute atomic E-state index is 13.2. The summed E-state index contributed by atoms with van der Waals surface area (Å²) in [5, 5.41) is 0.977. The van der Waals surface area contributed by atoms with E-state index in [2.05, 4.69) is 20.6 Å². The van der Waals surface area contributed by atoms with Crippen LogP contribution >= 0.6 is 11.8 Å². The summed E-state index contributed by atoms with van der Waals surface area (Å²) >= 11 is 1.60. The monoisotopic (exact) mass is 496 g/mol. The molecule has 0 radical (unpaired) electrons. The molecule has 0 bridgehead atoms. The predicted octanol–water partition coefficient (Wildman–Crippen LogP) is 5.31. The van der Waals surface area contributed by atoms with Gasteiger partial charge >= 0.3 is 6.18 Å². The lowest BCUT2D eigenvalue weighted by atomic mass is 10.2. The number of alkyl halides is 3. The molecule has 33 heavy (non-hydrogen) atoms. The lowest BCUT2D eigenvalue weighted by Gasteiger charge is -2.20. The van der Waals surface area contributed by atoms with Crippen molar-refractivity contribution in [3.63, 3.8) is 0 Å². The van der Waals surface area contributed by atoms with Crippen LogP contribution in [0.15, 0.2) is 46.5 Å². The second kappa shape index (κ2) is 7.99. The minimum absolute atomic E-state index is 0.256. The van der Waals surface area contributed by atoms with Gasteiger partial charge in [0.05, 0.1) is 11.4 Å². The molecule has 3 aromatic rings. The van der Waals surface area contributed by atoms with Crippen LogP contribution in [0.3, 0.4) is 0 Å². The normalized spacial score (nSPS) is 18.8. The van der Waals surface area contributed by atoms with E-state index >= 15 is 0 Å². The number of aromatic nitrogens is 3. The van der Waals surface area contributed by atoms with Crippen LogP contribution in [-0.4, -0.2) is 40.9 Å². The molecule has 2 saturated carbocycles. The van der Waals surface area contributed by atoms with Gasteiger partial charge in [-0.25, -0.2) is 13.4 Å². The molecule has 0 amide bonds. The Kier molecular flexibility index (Phi) is 5.49. The zero-order valence-electron chi connectivity index (χ0n) is 17.9. The van der Waals surface area contributed by atoms with Gasteiger partial charge in [0, 0.05) is 28.7 Å². The summed E-state index contributed by atoms with van der Waals surface area (Å²) in [5.41, 5.74) is -0.120. The molecule has 5 rings (SSSR count). The van der Waals surface area contributed by atoms with E-state index in [1.54, 1.807) is 17.8 Å². The summed E-state index contributed by atoms with van der Waals surface area (Å²) < 4.78 is 68.9.